The number of benzene rings is 1. The maximum atomic E-state index is 5.55. The third kappa shape index (κ3) is 2.71. The molecule has 0 saturated carbocycles. The molecule has 0 fully saturated rings. The standard InChI is InChI=1S/C11H13Cl/c1-10(6-5-9-12)11-7-3-2-4-8-11/h2-8,10H,9H2,1H3. The van der Waals surface area contributed by atoms with E-state index in [9.17, 15) is 0 Å². The van der Waals surface area contributed by atoms with Crippen molar-refractivity contribution < 1.29 is 0 Å². The van der Waals surface area contributed by atoms with Crippen LogP contribution in [0.1, 0.15) is 18.4 Å². The maximum Gasteiger partial charge on any atom is 0.0404 e. The van der Waals surface area contributed by atoms with Gasteiger partial charge in [0.05, 0.1) is 0 Å². The molecular formula is C11H13Cl. The van der Waals surface area contributed by atoms with Gasteiger partial charge in [0.25, 0.3) is 0 Å². The van der Waals surface area contributed by atoms with Crippen molar-refractivity contribution in [2.24, 2.45) is 0 Å². The van der Waals surface area contributed by atoms with E-state index in [1.54, 1.807) is 0 Å². The Morgan fingerprint density at radius 2 is 2.00 bits per heavy atom. The van der Waals surface area contributed by atoms with E-state index in [0.29, 0.717) is 11.8 Å². The van der Waals surface area contributed by atoms with Gasteiger partial charge in [-0.3, -0.25) is 0 Å². The molecular weight excluding hydrogens is 168 g/mol. The Hall–Kier alpha value is -0.750. The van der Waals surface area contributed by atoms with E-state index in [4.69, 9.17) is 11.6 Å². The van der Waals surface area contributed by atoms with Crippen molar-refractivity contribution in [1.82, 2.24) is 0 Å². The summed E-state index contributed by atoms with van der Waals surface area (Å²) < 4.78 is 0. The fourth-order valence-electron chi connectivity index (χ4n) is 1.12. The third-order valence-electron chi connectivity index (χ3n) is 1.84. The summed E-state index contributed by atoms with van der Waals surface area (Å²) in [6, 6.07) is 10.4. The monoisotopic (exact) mass is 180 g/mol. The van der Waals surface area contributed by atoms with Crippen LogP contribution < -0.4 is 0 Å². The fraction of sp³-hybridized carbons (Fsp3) is 0.273. The highest BCUT2D eigenvalue weighted by Crippen LogP contribution is 2.15. The van der Waals surface area contributed by atoms with Gasteiger partial charge in [-0.25, -0.2) is 0 Å². The summed E-state index contributed by atoms with van der Waals surface area (Å²) >= 11 is 5.55. The summed E-state index contributed by atoms with van der Waals surface area (Å²) in [6.07, 6.45) is 4.11. The SMILES string of the molecule is CC(C=CCCl)c1ccccc1. The Kier molecular flexibility index (Phi) is 3.89. The highest BCUT2D eigenvalue weighted by molar-refractivity contribution is 6.18. The summed E-state index contributed by atoms with van der Waals surface area (Å²) in [5.74, 6) is 1.06. The Morgan fingerprint density at radius 3 is 2.58 bits per heavy atom. The Morgan fingerprint density at radius 1 is 1.33 bits per heavy atom. The predicted molar refractivity (Wildman–Crippen MR) is 54.7 cm³/mol. The number of halogens is 1. The summed E-state index contributed by atoms with van der Waals surface area (Å²) in [5, 5.41) is 0. The molecule has 0 spiro atoms. The average molecular weight is 181 g/mol. The molecule has 64 valence electrons. The predicted octanol–water partition coefficient (Wildman–Crippen LogP) is 3.59. The molecule has 1 aromatic rings. The molecule has 12 heavy (non-hydrogen) atoms. The zero-order valence-electron chi connectivity index (χ0n) is 7.20. The van der Waals surface area contributed by atoms with Gasteiger partial charge in [0, 0.05) is 5.88 Å². The van der Waals surface area contributed by atoms with Gasteiger partial charge in [-0.05, 0) is 11.5 Å². The number of hydrogen-bond acceptors (Lipinski definition) is 0. The Balaban J connectivity index is 2.65. The van der Waals surface area contributed by atoms with Gasteiger partial charge in [-0.2, -0.15) is 0 Å². The second kappa shape index (κ2) is 5.00. The van der Waals surface area contributed by atoms with Gasteiger partial charge in [-0.15, -0.1) is 11.6 Å². The van der Waals surface area contributed by atoms with E-state index < -0.39 is 0 Å². The number of rotatable bonds is 3. The molecule has 0 bridgehead atoms. The molecule has 0 nitrogen and oxygen atoms in total. The normalized spacial score (nSPS) is 13.5. The quantitative estimate of drug-likeness (QED) is 0.493. The fourth-order valence-corrected chi connectivity index (χ4v) is 1.23. The molecule has 1 aromatic carbocycles. The van der Waals surface area contributed by atoms with Crippen LogP contribution in [0.2, 0.25) is 0 Å². The first-order valence-corrected chi connectivity index (χ1v) is 4.65. The molecule has 0 N–H and O–H groups in total. The lowest BCUT2D eigenvalue weighted by Crippen LogP contribution is -1.87. The van der Waals surface area contributed by atoms with Crippen molar-refractivity contribution in [3.8, 4) is 0 Å². The lowest BCUT2D eigenvalue weighted by Gasteiger charge is -2.04. The van der Waals surface area contributed by atoms with Crippen molar-refractivity contribution in [3.05, 3.63) is 48.0 Å². The maximum absolute atomic E-state index is 5.55. The lowest BCUT2D eigenvalue weighted by molar-refractivity contribution is 0.965. The molecule has 1 rings (SSSR count). The summed E-state index contributed by atoms with van der Waals surface area (Å²) in [5.41, 5.74) is 1.33. The first kappa shape index (κ1) is 9.34. The van der Waals surface area contributed by atoms with E-state index >= 15 is 0 Å². The van der Waals surface area contributed by atoms with Gasteiger partial charge < -0.3 is 0 Å². The van der Waals surface area contributed by atoms with Crippen LogP contribution in [0.5, 0.6) is 0 Å². The van der Waals surface area contributed by atoms with Gasteiger partial charge in [0.1, 0.15) is 0 Å². The van der Waals surface area contributed by atoms with Crippen LogP contribution >= 0.6 is 11.6 Å². The second-order valence-electron chi connectivity index (χ2n) is 2.78. The minimum Gasteiger partial charge on any atom is -0.122 e. The minimum atomic E-state index is 0.463. The largest absolute Gasteiger partial charge is 0.122 e. The second-order valence-corrected chi connectivity index (χ2v) is 3.09. The number of alkyl halides is 1. The van der Waals surface area contributed by atoms with Gasteiger partial charge in [-0.1, -0.05) is 49.4 Å². The summed E-state index contributed by atoms with van der Waals surface area (Å²) in [7, 11) is 0. The highest BCUT2D eigenvalue weighted by atomic mass is 35.5. The third-order valence-corrected chi connectivity index (χ3v) is 2.02. The number of hydrogen-bond donors (Lipinski definition) is 0. The van der Waals surface area contributed by atoms with Gasteiger partial charge in [0.15, 0.2) is 0 Å². The molecule has 0 saturated heterocycles. The molecule has 0 radical (unpaired) electrons. The van der Waals surface area contributed by atoms with Crippen LogP contribution in [0.3, 0.4) is 0 Å². The van der Waals surface area contributed by atoms with Crippen molar-refractivity contribution >= 4 is 11.6 Å². The lowest BCUT2D eigenvalue weighted by atomic mass is 10.0. The molecule has 0 aliphatic heterocycles. The molecule has 1 heteroatoms. The van der Waals surface area contributed by atoms with Crippen LogP contribution in [0.25, 0.3) is 0 Å². The molecule has 0 aromatic heterocycles. The van der Waals surface area contributed by atoms with Crippen molar-refractivity contribution in [2.75, 3.05) is 5.88 Å². The van der Waals surface area contributed by atoms with Crippen LogP contribution in [0.4, 0.5) is 0 Å². The van der Waals surface area contributed by atoms with Crippen LogP contribution in [-0.2, 0) is 0 Å². The zero-order valence-corrected chi connectivity index (χ0v) is 7.96. The van der Waals surface area contributed by atoms with Crippen LogP contribution in [0, 0.1) is 0 Å². The Labute approximate surface area is 78.9 Å². The van der Waals surface area contributed by atoms with E-state index in [1.807, 2.05) is 12.1 Å². The zero-order chi connectivity index (χ0) is 8.81. The van der Waals surface area contributed by atoms with Crippen molar-refractivity contribution in [2.45, 2.75) is 12.8 Å². The van der Waals surface area contributed by atoms with Crippen LogP contribution in [0.15, 0.2) is 42.5 Å². The smallest absolute Gasteiger partial charge is 0.0404 e. The van der Waals surface area contributed by atoms with Crippen molar-refractivity contribution in [1.29, 1.82) is 0 Å². The summed E-state index contributed by atoms with van der Waals surface area (Å²) in [4.78, 5) is 0. The number of allylic oxidation sites excluding steroid dienone is 2. The first-order valence-electron chi connectivity index (χ1n) is 4.12. The highest BCUT2D eigenvalue weighted by Gasteiger charge is 1.97. The van der Waals surface area contributed by atoms with Crippen LogP contribution in [-0.4, -0.2) is 5.88 Å². The Bertz CT molecular complexity index is 238. The molecule has 0 aliphatic rings. The van der Waals surface area contributed by atoms with Crippen molar-refractivity contribution in [3.63, 3.8) is 0 Å². The molecule has 1 unspecified atom stereocenters. The van der Waals surface area contributed by atoms with E-state index in [-0.39, 0.29) is 0 Å². The minimum absolute atomic E-state index is 0.463. The van der Waals surface area contributed by atoms with E-state index in [1.165, 1.54) is 5.56 Å². The first-order chi connectivity index (χ1) is 5.84. The molecule has 1 atom stereocenters. The van der Waals surface area contributed by atoms with E-state index in [2.05, 4.69) is 37.3 Å². The molecule has 0 heterocycles. The topological polar surface area (TPSA) is 0 Å². The van der Waals surface area contributed by atoms with Gasteiger partial charge >= 0.3 is 0 Å². The average Bonchev–Trinajstić information content (AvgIpc) is 2.15. The van der Waals surface area contributed by atoms with E-state index in [0.717, 1.165) is 0 Å². The summed E-state index contributed by atoms with van der Waals surface area (Å²) in [6.45, 7) is 2.17. The molecule has 0 amide bonds. The van der Waals surface area contributed by atoms with Gasteiger partial charge in [0.2, 0.25) is 0 Å². The molecule has 0 aliphatic carbocycles.